The molecule has 0 saturated carbocycles. The van der Waals surface area contributed by atoms with Crippen LogP contribution in [-0.4, -0.2) is 22.9 Å². The van der Waals surface area contributed by atoms with E-state index in [0.29, 0.717) is 17.9 Å². The number of nitrogens with one attached hydrogen (secondary N) is 1. The van der Waals surface area contributed by atoms with Crippen molar-refractivity contribution < 1.29 is 19.4 Å². The lowest BCUT2D eigenvalue weighted by Gasteiger charge is -2.18. The minimum Gasteiger partial charge on any atom is -0.489 e. The standard InChI is InChI=1S/C25H23NO4/c1-16-7-9-18(10-8-16)25(29)24-21(14-23(27)28)20-13-19(11-12-22(20)26-24)30-15-17-5-3-2-4-6-17/h2-13,21,24,26H,14-15H2,1H3,(H,27,28). The van der Waals surface area contributed by atoms with Crippen LogP contribution in [0.1, 0.15) is 39.4 Å². The highest BCUT2D eigenvalue weighted by Crippen LogP contribution is 2.41. The topological polar surface area (TPSA) is 75.6 Å². The Balaban J connectivity index is 1.58. The molecule has 0 amide bonds. The van der Waals surface area contributed by atoms with Crippen LogP contribution in [0.2, 0.25) is 0 Å². The van der Waals surface area contributed by atoms with Gasteiger partial charge < -0.3 is 15.2 Å². The first-order valence-electron chi connectivity index (χ1n) is 9.91. The number of anilines is 1. The fourth-order valence-corrected chi connectivity index (χ4v) is 3.82. The summed E-state index contributed by atoms with van der Waals surface area (Å²) in [7, 11) is 0. The summed E-state index contributed by atoms with van der Waals surface area (Å²) in [6, 6.07) is 22.1. The molecule has 30 heavy (non-hydrogen) atoms. The minimum absolute atomic E-state index is 0.107. The smallest absolute Gasteiger partial charge is 0.304 e. The summed E-state index contributed by atoms with van der Waals surface area (Å²) in [6.07, 6.45) is -0.135. The van der Waals surface area contributed by atoms with Gasteiger partial charge in [-0.15, -0.1) is 0 Å². The first-order chi connectivity index (χ1) is 14.5. The molecule has 0 fully saturated rings. The molecule has 152 valence electrons. The van der Waals surface area contributed by atoms with Crippen molar-refractivity contribution in [3.05, 3.63) is 95.1 Å². The quantitative estimate of drug-likeness (QED) is 0.556. The van der Waals surface area contributed by atoms with Gasteiger partial charge in [0.2, 0.25) is 0 Å². The average Bonchev–Trinajstić information content (AvgIpc) is 3.10. The molecular weight excluding hydrogens is 378 g/mol. The summed E-state index contributed by atoms with van der Waals surface area (Å²) in [5.41, 5.74) is 4.26. The number of hydrogen-bond donors (Lipinski definition) is 2. The molecule has 2 N–H and O–H groups in total. The minimum atomic E-state index is -0.938. The second-order valence-electron chi connectivity index (χ2n) is 7.58. The molecule has 0 aromatic heterocycles. The van der Waals surface area contributed by atoms with E-state index in [4.69, 9.17) is 4.74 Å². The monoisotopic (exact) mass is 401 g/mol. The second kappa shape index (κ2) is 8.41. The lowest BCUT2D eigenvalue weighted by molar-refractivity contribution is -0.137. The molecule has 1 aliphatic rings. The van der Waals surface area contributed by atoms with Gasteiger partial charge in [-0.05, 0) is 36.2 Å². The summed E-state index contributed by atoms with van der Waals surface area (Å²) in [6.45, 7) is 2.38. The van der Waals surface area contributed by atoms with Crippen LogP contribution in [-0.2, 0) is 11.4 Å². The molecule has 2 atom stereocenters. The predicted octanol–water partition coefficient (Wildman–Crippen LogP) is 4.81. The number of fused-ring (bicyclic) bond motifs is 1. The number of carboxylic acid groups (broad SMARTS) is 1. The number of ketones is 1. The molecule has 0 radical (unpaired) electrons. The Hall–Kier alpha value is -3.60. The fourth-order valence-electron chi connectivity index (χ4n) is 3.82. The van der Waals surface area contributed by atoms with Crippen molar-refractivity contribution in [3.8, 4) is 5.75 Å². The van der Waals surface area contributed by atoms with Crippen LogP contribution in [0.25, 0.3) is 0 Å². The zero-order chi connectivity index (χ0) is 21.1. The maximum atomic E-state index is 13.1. The molecule has 0 aliphatic carbocycles. The van der Waals surface area contributed by atoms with Crippen LogP contribution < -0.4 is 10.1 Å². The molecule has 0 saturated heterocycles. The van der Waals surface area contributed by atoms with Crippen molar-refractivity contribution >= 4 is 17.4 Å². The van der Waals surface area contributed by atoms with E-state index in [1.54, 1.807) is 12.1 Å². The SMILES string of the molecule is Cc1ccc(C(=O)C2Nc3ccc(OCc4ccccc4)cc3C2CC(=O)O)cc1. The number of carboxylic acids is 1. The van der Waals surface area contributed by atoms with Gasteiger partial charge in [-0.25, -0.2) is 0 Å². The number of Topliss-reactive ketones (excluding diaryl/α,β-unsaturated/α-hetero) is 1. The Bertz CT molecular complexity index is 1060. The van der Waals surface area contributed by atoms with E-state index in [1.165, 1.54) is 0 Å². The first kappa shape index (κ1) is 19.7. The van der Waals surface area contributed by atoms with Gasteiger partial charge in [-0.1, -0.05) is 60.2 Å². The highest BCUT2D eigenvalue weighted by molar-refractivity contribution is 6.04. The largest absolute Gasteiger partial charge is 0.489 e. The fraction of sp³-hybridized carbons (Fsp3) is 0.200. The molecule has 5 heteroatoms. The molecular formula is C25H23NO4. The average molecular weight is 401 g/mol. The van der Waals surface area contributed by atoms with Crippen molar-refractivity contribution in [2.75, 3.05) is 5.32 Å². The predicted molar refractivity (Wildman–Crippen MR) is 115 cm³/mol. The Morgan fingerprint density at radius 3 is 2.43 bits per heavy atom. The van der Waals surface area contributed by atoms with Crippen LogP contribution in [0.4, 0.5) is 5.69 Å². The van der Waals surface area contributed by atoms with Gasteiger partial charge in [0.15, 0.2) is 5.78 Å². The van der Waals surface area contributed by atoms with Gasteiger partial charge in [-0.2, -0.15) is 0 Å². The molecule has 0 bridgehead atoms. The third kappa shape index (κ3) is 4.20. The summed E-state index contributed by atoms with van der Waals surface area (Å²) >= 11 is 0. The van der Waals surface area contributed by atoms with Gasteiger partial charge in [0.25, 0.3) is 0 Å². The van der Waals surface area contributed by atoms with Gasteiger partial charge in [0.05, 0.1) is 12.5 Å². The Morgan fingerprint density at radius 2 is 1.73 bits per heavy atom. The summed E-state index contributed by atoms with van der Waals surface area (Å²) < 4.78 is 5.90. The molecule has 0 spiro atoms. The van der Waals surface area contributed by atoms with E-state index in [1.807, 2.05) is 67.6 Å². The van der Waals surface area contributed by atoms with E-state index in [9.17, 15) is 14.7 Å². The Morgan fingerprint density at radius 1 is 1.00 bits per heavy atom. The molecule has 4 rings (SSSR count). The lowest BCUT2D eigenvalue weighted by Crippen LogP contribution is -2.32. The first-order valence-corrected chi connectivity index (χ1v) is 9.91. The van der Waals surface area contributed by atoms with E-state index >= 15 is 0 Å². The van der Waals surface area contributed by atoms with E-state index in [2.05, 4.69) is 5.32 Å². The third-order valence-electron chi connectivity index (χ3n) is 5.40. The highest BCUT2D eigenvalue weighted by atomic mass is 16.5. The molecule has 5 nitrogen and oxygen atoms in total. The van der Waals surface area contributed by atoms with E-state index < -0.39 is 17.9 Å². The zero-order valence-electron chi connectivity index (χ0n) is 16.7. The summed E-state index contributed by atoms with van der Waals surface area (Å²) in [5, 5.41) is 12.7. The van der Waals surface area contributed by atoms with Gasteiger partial charge in [-0.3, -0.25) is 9.59 Å². The number of carbonyl (C=O) groups excluding carboxylic acids is 1. The molecule has 3 aromatic rings. The number of ether oxygens (including phenoxy) is 1. The lowest BCUT2D eigenvalue weighted by atomic mass is 9.87. The maximum Gasteiger partial charge on any atom is 0.304 e. The summed E-state index contributed by atoms with van der Waals surface area (Å²) in [4.78, 5) is 24.7. The molecule has 3 aromatic carbocycles. The number of carbonyl (C=O) groups is 2. The van der Waals surface area contributed by atoms with Crippen LogP contribution in [0.15, 0.2) is 72.8 Å². The number of rotatable bonds is 7. The number of aryl methyl sites for hydroxylation is 1. The normalized spacial score (nSPS) is 17.1. The second-order valence-corrected chi connectivity index (χ2v) is 7.58. The van der Waals surface area contributed by atoms with Crippen molar-refractivity contribution in [3.63, 3.8) is 0 Å². The van der Waals surface area contributed by atoms with Crippen molar-refractivity contribution in [1.29, 1.82) is 0 Å². The van der Waals surface area contributed by atoms with Gasteiger partial charge >= 0.3 is 5.97 Å². The number of aliphatic carboxylic acids is 1. The zero-order valence-corrected chi connectivity index (χ0v) is 16.7. The van der Waals surface area contributed by atoms with Gasteiger partial charge in [0, 0.05) is 17.2 Å². The Labute approximate surface area is 175 Å². The van der Waals surface area contributed by atoms with Crippen LogP contribution in [0.5, 0.6) is 5.75 Å². The number of benzene rings is 3. The maximum absolute atomic E-state index is 13.1. The highest BCUT2D eigenvalue weighted by Gasteiger charge is 2.38. The number of hydrogen-bond acceptors (Lipinski definition) is 4. The van der Waals surface area contributed by atoms with E-state index in [0.717, 1.165) is 22.4 Å². The van der Waals surface area contributed by atoms with Crippen molar-refractivity contribution in [2.45, 2.75) is 31.9 Å². The van der Waals surface area contributed by atoms with Gasteiger partial charge in [0.1, 0.15) is 12.4 Å². The van der Waals surface area contributed by atoms with Crippen LogP contribution >= 0.6 is 0 Å². The van der Waals surface area contributed by atoms with E-state index in [-0.39, 0.29) is 12.2 Å². The Kier molecular flexibility index (Phi) is 5.53. The van der Waals surface area contributed by atoms with Crippen LogP contribution in [0, 0.1) is 6.92 Å². The van der Waals surface area contributed by atoms with Crippen molar-refractivity contribution in [1.82, 2.24) is 0 Å². The summed E-state index contributed by atoms with van der Waals surface area (Å²) in [5.74, 6) is -0.860. The van der Waals surface area contributed by atoms with Crippen LogP contribution in [0.3, 0.4) is 0 Å². The molecule has 1 heterocycles. The van der Waals surface area contributed by atoms with Crippen molar-refractivity contribution in [2.24, 2.45) is 0 Å². The third-order valence-corrected chi connectivity index (χ3v) is 5.40. The molecule has 2 unspecified atom stereocenters. The molecule has 1 aliphatic heterocycles.